The maximum atomic E-state index is 12.4. The normalized spacial score (nSPS) is 11.7. The number of carbonyl (C=O) groups excluding carboxylic acids is 2. The molecule has 160 valence electrons. The minimum absolute atomic E-state index is 0.0940. The molecule has 0 spiro atoms. The first kappa shape index (κ1) is 23.3. The van der Waals surface area contributed by atoms with Crippen molar-refractivity contribution in [3.05, 3.63) is 66.2 Å². The van der Waals surface area contributed by atoms with Gasteiger partial charge < -0.3 is 14.6 Å². The number of hydrogen-bond donors (Lipinski definition) is 4. The number of aliphatic hydroxyl groups excluding tert-OH is 1. The maximum Gasteiger partial charge on any atom is 0.412 e. The molecule has 0 aliphatic rings. The molecule has 0 radical (unpaired) electrons. The van der Waals surface area contributed by atoms with E-state index in [0.29, 0.717) is 17.0 Å². The van der Waals surface area contributed by atoms with Gasteiger partial charge in [-0.25, -0.2) is 10.3 Å². The van der Waals surface area contributed by atoms with Crippen LogP contribution in [0.15, 0.2) is 65.6 Å². The first-order valence-corrected chi connectivity index (χ1v) is 10.3. The minimum atomic E-state index is -0.681. The molecule has 2 amide bonds. The lowest BCUT2D eigenvalue weighted by Gasteiger charge is -2.18. The number of thioether (sulfide) groups is 1. The lowest BCUT2D eigenvalue weighted by Crippen LogP contribution is -2.18. The van der Waals surface area contributed by atoms with E-state index >= 15 is 0 Å². The second kappa shape index (κ2) is 12.5. The minimum Gasteiger partial charge on any atom is -0.491 e. The summed E-state index contributed by atoms with van der Waals surface area (Å²) in [6.07, 6.45) is 3.50. The van der Waals surface area contributed by atoms with Gasteiger partial charge in [-0.1, -0.05) is 18.2 Å². The van der Waals surface area contributed by atoms with Gasteiger partial charge in [-0.2, -0.15) is 0 Å². The number of hydrogen-bond acceptors (Lipinski definition) is 7. The third kappa shape index (κ3) is 7.78. The molecule has 8 nitrogen and oxygen atoms in total. The van der Waals surface area contributed by atoms with Crippen LogP contribution in [0.3, 0.4) is 0 Å². The molecule has 0 bridgehead atoms. The van der Waals surface area contributed by atoms with E-state index in [1.54, 1.807) is 48.2 Å². The van der Waals surface area contributed by atoms with Crippen molar-refractivity contribution in [2.45, 2.75) is 17.4 Å². The van der Waals surface area contributed by atoms with Crippen molar-refractivity contribution in [2.75, 3.05) is 24.8 Å². The number of ether oxygens (including phenoxy) is 2. The summed E-state index contributed by atoms with van der Waals surface area (Å²) in [4.78, 5) is 24.6. The van der Waals surface area contributed by atoms with Crippen molar-refractivity contribution < 1.29 is 29.4 Å². The fourth-order valence-corrected chi connectivity index (χ4v) is 2.89. The summed E-state index contributed by atoms with van der Waals surface area (Å²) in [5.41, 5.74) is 2.79. The van der Waals surface area contributed by atoms with Gasteiger partial charge in [-0.05, 0) is 48.2 Å². The molecule has 2 rings (SSSR count). The van der Waals surface area contributed by atoms with Crippen LogP contribution in [0.2, 0.25) is 0 Å². The summed E-state index contributed by atoms with van der Waals surface area (Å²) < 4.78 is 10.9. The fraction of sp³-hybridized carbons (Fsp3) is 0.238. The quantitative estimate of drug-likeness (QED) is 0.196. The SMILES string of the molecule is CSc1ccc(NC(=O)O[C@H](C/C=C/C(=O)NO)c2ccc(OCCO)cc2)cc1. The van der Waals surface area contributed by atoms with Gasteiger partial charge >= 0.3 is 6.09 Å². The molecule has 0 fully saturated rings. The zero-order chi connectivity index (χ0) is 21.8. The zero-order valence-corrected chi connectivity index (χ0v) is 17.2. The third-order valence-electron chi connectivity index (χ3n) is 3.93. The van der Waals surface area contributed by atoms with Crippen molar-refractivity contribution in [1.82, 2.24) is 5.48 Å². The Balaban J connectivity index is 2.08. The van der Waals surface area contributed by atoms with E-state index in [0.717, 1.165) is 11.0 Å². The summed E-state index contributed by atoms with van der Waals surface area (Å²) in [5, 5.41) is 20.1. The summed E-state index contributed by atoms with van der Waals surface area (Å²) in [6, 6.07) is 14.2. The van der Waals surface area contributed by atoms with Gasteiger partial charge in [0, 0.05) is 23.1 Å². The molecular weight excluding hydrogens is 408 g/mol. The number of rotatable bonds is 10. The van der Waals surface area contributed by atoms with Gasteiger partial charge in [0.1, 0.15) is 18.5 Å². The Kier molecular flexibility index (Phi) is 9.72. The van der Waals surface area contributed by atoms with Crippen molar-refractivity contribution in [3.8, 4) is 5.75 Å². The van der Waals surface area contributed by atoms with E-state index in [-0.39, 0.29) is 19.6 Å². The first-order chi connectivity index (χ1) is 14.5. The Bertz CT molecular complexity index is 840. The standard InChI is InChI=1S/C21H24N2O6S/c1-30-18-11-7-16(8-12-18)22-21(26)29-19(3-2-4-20(25)23-27)15-5-9-17(10-6-15)28-14-13-24/h2,4-12,19,24,27H,3,13-14H2,1H3,(H,22,26)(H,23,25)/b4-2+/t19-/m1/s1. The van der Waals surface area contributed by atoms with Crippen LogP contribution in [0.1, 0.15) is 18.1 Å². The van der Waals surface area contributed by atoms with Crippen LogP contribution in [0.25, 0.3) is 0 Å². The Morgan fingerprint density at radius 1 is 1.13 bits per heavy atom. The smallest absolute Gasteiger partial charge is 0.412 e. The number of aliphatic hydroxyl groups is 1. The Morgan fingerprint density at radius 2 is 1.83 bits per heavy atom. The molecule has 4 N–H and O–H groups in total. The lowest BCUT2D eigenvalue weighted by atomic mass is 10.1. The molecule has 0 aromatic heterocycles. The van der Waals surface area contributed by atoms with Crippen LogP contribution >= 0.6 is 11.8 Å². The van der Waals surface area contributed by atoms with E-state index < -0.39 is 18.1 Å². The number of hydroxylamine groups is 1. The third-order valence-corrected chi connectivity index (χ3v) is 4.67. The average molecular weight is 432 g/mol. The molecular formula is C21H24N2O6S. The summed E-state index contributed by atoms with van der Waals surface area (Å²) in [7, 11) is 0. The lowest BCUT2D eigenvalue weighted by molar-refractivity contribution is -0.124. The van der Waals surface area contributed by atoms with Gasteiger partial charge in [-0.15, -0.1) is 11.8 Å². The highest BCUT2D eigenvalue weighted by atomic mass is 32.2. The van der Waals surface area contributed by atoms with Crippen molar-refractivity contribution in [2.24, 2.45) is 0 Å². The zero-order valence-electron chi connectivity index (χ0n) is 16.4. The van der Waals surface area contributed by atoms with Crippen LogP contribution in [-0.4, -0.2) is 41.8 Å². The number of benzene rings is 2. The number of anilines is 1. The first-order valence-electron chi connectivity index (χ1n) is 9.11. The van der Waals surface area contributed by atoms with Crippen molar-refractivity contribution in [3.63, 3.8) is 0 Å². The number of carbonyl (C=O) groups is 2. The van der Waals surface area contributed by atoms with E-state index in [9.17, 15) is 9.59 Å². The van der Waals surface area contributed by atoms with E-state index in [1.165, 1.54) is 11.6 Å². The largest absolute Gasteiger partial charge is 0.491 e. The second-order valence-corrected chi connectivity index (χ2v) is 6.88. The molecule has 0 saturated heterocycles. The van der Waals surface area contributed by atoms with Gasteiger partial charge in [0.25, 0.3) is 5.91 Å². The summed E-state index contributed by atoms with van der Waals surface area (Å²) >= 11 is 1.60. The molecule has 9 heteroatoms. The Labute approximate surface area is 178 Å². The number of nitrogens with one attached hydrogen (secondary N) is 2. The van der Waals surface area contributed by atoms with Gasteiger partial charge in [0.05, 0.1) is 6.61 Å². The predicted octanol–water partition coefficient (Wildman–Crippen LogP) is 3.52. The van der Waals surface area contributed by atoms with Crippen molar-refractivity contribution in [1.29, 1.82) is 0 Å². The Morgan fingerprint density at radius 3 is 2.43 bits per heavy atom. The second-order valence-electron chi connectivity index (χ2n) is 6.00. The molecule has 0 aliphatic carbocycles. The van der Waals surface area contributed by atoms with Gasteiger partial charge in [-0.3, -0.25) is 15.3 Å². The van der Waals surface area contributed by atoms with Gasteiger partial charge in [0.2, 0.25) is 0 Å². The topological polar surface area (TPSA) is 117 Å². The monoisotopic (exact) mass is 432 g/mol. The van der Waals surface area contributed by atoms with E-state index in [1.807, 2.05) is 18.4 Å². The van der Waals surface area contributed by atoms with E-state index in [2.05, 4.69) is 5.32 Å². The molecule has 0 heterocycles. The number of amides is 2. The van der Waals surface area contributed by atoms with Crippen LogP contribution in [0, 0.1) is 0 Å². The average Bonchev–Trinajstić information content (AvgIpc) is 2.77. The molecule has 0 unspecified atom stereocenters. The van der Waals surface area contributed by atoms with Crippen LogP contribution < -0.4 is 15.5 Å². The predicted molar refractivity (Wildman–Crippen MR) is 114 cm³/mol. The van der Waals surface area contributed by atoms with E-state index in [4.69, 9.17) is 19.8 Å². The molecule has 0 saturated carbocycles. The van der Waals surface area contributed by atoms with Gasteiger partial charge in [0.15, 0.2) is 0 Å². The van der Waals surface area contributed by atoms with Crippen LogP contribution in [0.5, 0.6) is 5.75 Å². The fourth-order valence-electron chi connectivity index (χ4n) is 2.48. The highest BCUT2D eigenvalue weighted by molar-refractivity contribution is 7.98. The highest BCUT2D eigenvalue weighted by Gasteiger charge is 2.16. The molecule has 1 atom stereocenters. The highest BCUT2D eigenvalue weighted by Crippen LogP contribution is 2.25. The summed E-state index contributed by atoms with van der Waals surface area (Å²) in [5.74, 6) is -0.111. The molecule has 0 aliphatic heterocycles. The molecule has 30 heavy (non-hydrogen) atoms. The molecule has 2 aromatic carbocycles. The van der Waals surface area contributed by atoms with Crippen molar-refractivity contribution >= 4 is 29.4 Å². The Hall–Kier alpha value is -3.01. The summed E-state index contributed by atoms with van der Waals surface area (Å²) in [6.45, 7) is 0.0827. The maximum absolute atomic E-state index is 12.4. The van der Waals surface area contributed by atoms with Crippen LogP contribution in [-0.2, 0) is 9.53 Å². The van der Waals surface area contributed by atoms with Crippen LogP contribution in [0.4, 0.5) is 10.5 Å². The molecule has 2 aromatic rings.